The fourth-order valence-corrected chi connectivity index (χ4v) is 3.26. The Morgan fingerprint density at radius 3 is 2.54 bits per heavy atom. The number of non-ortho nitro benzene ring substituents is 1. The maximum atomic E-state index is 12.0. The molecule has 1 N–H and O–H groups in total. The number of nitrogens with one attached hydrogen (secondary N) is 1. The summed E-state index contributed by atoms with van der Waals surface area (Å²) in [6.07, 6.45) is 0. The minimum Gasteiger partial charge on any atom is -0.349 e. The van der Waals surface area contributed by atoms with Crippen LogP contribution in [-0.2, 0) is 10.5 Å². The van der Waals surface area contributed by atoms with Crippen molar-refractivity contribution in [2.75, 3.05) is 5.75 Å². The largest absolute Gasteiger partial charge is 0.349 e. The number of rotatable bonds is 7. The van der Waals surface area contributed by atoms with Gasteiger partial charge >= 0.3 is 0 Å². The molecule has 0 fully saturated rings. The normalized spacial score (nSPS) is 11.8. The molecule has 0 bridgehead atoms. The van der Waals surface area contributed by atoms with Gasteiger partial charge in [-0.25, -0.2) is 0 Å². The van der Waals surface area contributed by atoms with Gasteiger partial charge in [0.1, 0.15) is 0 Å². The maximum absolute atomic E-state index is 12.0. The molecule has 126 valence electrons. The molecule has 0 saturated carbocycles. The summed E-state index contributed by atoms with van der Waals surface area (Å²) in [5.74, 6) is 0.854. The van der Waals surface area contributed by atoms with E-state index < -0.39 is 4.92 Å². The van der Waals surface area contributed by atoms with Gasteiger partial charge in [0.2, 0.25) is 5.91 Å². The third-order valence-electron chi connectivity index (χ3n) is 3.40. The van der Waals surface area contributed by atoms with Crippen molar-refractivity contribution in [3.63, 3.8) is 0 Å². The number of thioether (sulfide) groups is 1. The Bertz CT molecular complexity index is 722. The SMILES string of the molecule is C[C@@H](NC(=O)CSCc1ccc([N+](=O)[O-])cc1)c1ccccc1Cl. The van der Waals surface area contributed by atoms with Gasteiger partial charge in [0, 0.05) is 22.9 Å². The predicted molar refractivity (Wildman–Crippen MR) is 97.3 cm³/mol. The number of amides is 1. The second-order valence-electron chi connectivity index (χ2n) is 5.23. The third kappa shape index (κ3) is 5.25. The molecule has 1 amide bonds. The van der Waals surface area contributed by atoms with Crippen LogP contribution in [0.5, 0.6) is 0 Å². The fourth-order valence-electron chi connectivity index (χ4n) is 2.16. The van der Waals surface area contributed by atoms with Crippen molar-refractivity contribution in [1.29, 1.82) is 0 Å². The van der Waals surface area contributed by atoms with Gasteiger partial charge < -0.3 is 5.32 Å². The molecule has 2 aromatic carbocycles. The standard InChI is InChI=1S/C17H17ClN2O3S/c1-12(15-4-2-3-5-16(15)18)19-17(21)11-24-10-13-6-8-14(9-7-13)20(22)23/h2-9,12H,10-11H2,1H3,(H,19,21)/t12-/m1/s1. The zero-order valence-corrected chi connectivity index (χ0v) is 14.6. The molecule has 0 aliphatic heterocycles. The molecular formula is C17H17ClN2O3S. The molecule has 0 radical (unpaired) electrons. The van der Waals surface area contributed by atoms with Crippen molar-refractivity contribution >= 4 is 35.0 Å². The Balaban J connectivity index is 1.79. The second kappa shape index (κ2) is 8.70. The van der Waals surface area contributed by atoms with E-state index in [0.29, 0.717) is 16.5 Å². The second-order valence-corrected chi connectivity index (χ2v) is 6.62. The molecule has 0 saturated heterocycles. The van der Waals surface area contributed by atoms with Crippen LogP contribution in [0.15, 0.2) is 48.5 Å². The zero-order valence-electron chi connectivity index (χ0n) is 13.1. The van der Waals surface area contributed by atoms with Gasteiger partial charge in [-0.1, -0.05) is 41.9 Å². The number of halogens is 1. The first kappa shape index (κ1) is 18.3. The first-order valence-corrected chi connectivity index (χ1v) is 8.85. The lowest BCUT2D eigenvalue weighted by Crippen LogP contribution is -2.28. The van der Waals surface area contributed by atoms with E-state index in [0.717, 1.165) is 11.1 Å². The van der Waals surface area contributed by atoms with Crippen molar-refractivity contribution < 1.29 is 9.72 Å². The Kier molecular flexibility index (Phi) is 6.63. The number of nitrogens with zero attached hydrogens (tertiary/aromatic N) is 1. The third-order valence-corrected chi connectivity index (χ3v) is 4.75. The zero-order chi connectivity index (χ0) is 17.5. The molecule has 0 unspecified atom stereocenters. The Morgan fingerprint density at radius 2 is 1.92 bits per heavy atom. The number of nitro groups is 1. The van der Waals surface area contributed by atoms with Crippen molar-refractivity contribution in [3.8, 4) is 0 Å². The lowest BCUT2D eigenvalue weighted by atomic mass is 10.1. The fraction of sp³-hybridized carbons (Fsp3) is 0.235. The van der Waals surface area contributed by atoms with Crippen LogP contribution in [0.1, 0.15) is 24.1 Å². The van der Waals surface area contributed by atoms with Crippen molar-refractivity contribution in [2.24, 2.45) is 0 Å². The minimum absolute atomic E-state index is 0.0649. The van der Waals surface area contributed by atoms with Crippen molar-refractivity contribution in [1.82, 2.24) is 5.32 Å². The minimum atomic E-state index is -0.430. The first-order chi connectivity index (χ1) is 11.5. The molecule has 0 heterocycles. The summed E-state index contributed by atoms with van der Waals surface area (Å²) in [7, 11) is 0. The first-order valence-electron chi connectivity index (χ1n) is 7.32. The van der Waals surface area contributed by atoms with Crippen LogP contribution in [-0.4, -0.2) is 16.6 Å². The molecule has 0 spiro atoms. The summed E-state index contributed by atoms with van der Waals surface area (Å²) in [6.45, 7) is 1.89. The van der Waals surface area contributed by atoms with Gasteiger partial charge in [0.15, 0.2) is 0 Å². The molecule has 0 aromatic heterocycles. The molecule has 2 aromatic rings. The average molecular weight is 365 g/mol. The van der Waals surface area contributed by atoms with E-state index in [2.05, 4.69) is 5.32 Å². The summed E-state index contributed by atoms with van der Waals surface area (Å²) >= 11 is 7.57. The predicted octanol–water partition coefficient (Wildman–Crippen LogP) is 4.36. The van der Waals surface area contributed by atoms with Gasteiger partial charge in [-0.2, -0.15) is 0 Å². The highest BCUT2D eigenvalue weighted by atomic mass is 35.5. The van der Waals surface area contributed by atoms with Crippen LogP contribution in [0.3, 0.4) is 0 Å². The van der Waals surface area contributed by atoms with E-state index in [9.17, 15) is 14.9 Å². The van der Waals surface area contributed by atoms with Crippen LogP contribution in [0, 0.1) is 10.1 Å². The number of benzene rings is 2. The van der Waals surface area contributed by atoms with Crippen LogP contribution >= 0.6 is 23.4 Å². The summed E-state index contributed by atoms with van der Waals surface area (Å²) in [5, 5.41) is 14.1. The van der Waals surface area contributed by atoms with Crippen molar-refractivity contribution in [2.45, 2.75) is 18.7 Å². The number of hydrogen-bond donors (Lipinski definition) is 1. The van der Waals surface area contributed by atoms with E-state index in [1.54, 1.807) is 18.2 Å². The lowest BCUT2D eigenvalue weighted by molar-refractivity contribution is -0.384. The highest BCUT2D eigenvalue weighted by Crippen LogP contribution is 2.22. The molecule has 5 nitrogen and oxygen atoms in total. The van der Waals surface area contributed by atoms with E-state index >= 15 is 0 Å². The van der Waals surface area contributed by atoms with Gasteiger partial charge in [-0.3, -0.25) is 14.9 Å². The number of carbonyl (C=O) groups is 1. The molecule has 24 heavy (non-hydrogen) atoms. The number of carbonyl (C=O) groups excluding carboxylic acids is 1. The van der Waals surface area contributed by atoms with E-state index in [4.69, 9.17) is 11.6 Å². The van der Waals surface area contributed by atoms with E-state index in [-0.39, 0.29) is 17.6 Å². The average Bonchev–Trinajstić information content (AvgIpc) is 2.55. The quantitative estimate of drug-likeness (QED) is 0.585. The van der Waals surface area contributed by atoms with Gasteiger partial charge in [0.05, 0.1) is 16.7 Å². The van der Waals surface area contributed by atoms with Gasteiger partial charge in [-0.05, 0) is 24.1 Å². The van der Waals surface area contributed by atoms with Crippen molar-refractivity contribution in [3.05, 3.63) is 74.8 Å². The Hall–Kier alpha value is -2.05. The Morgan fingerprint density at radius 1 is 1.25 bits per heavy atom. The topological polar surface area (TPSA) is 72.2 Å². The van der Waals surface area contributed by atoms with Gasteiger partial charge in [0.25, 0.3) is 5.69 Å². The molecular weight excluding hydrogens is 348 g/mol. The van der Waals surface area contributed by atoms with E-state index in [1.165, 1.54) is 23.9 Å². The Labute approximate surface area is 149 Å². The maximum Gasteiger partial charge on any atom is 0.269 e. The van der Waals surface area contributed by atoms with Crippen LogP contribution < -0.4 is 5.32 Å². The number of hydrogen-bond acceptors (Lipinski definition) is 4. The summed E-state index contributed by atoms with van der Waals surface area (Å²) < 4.78 is 0. The summed E-state index contributed by atoms with van der Waals surface area (Å²) in [4.78, 5) is 22.2. The van der Waals surface area contributed by atoms with Gasteiger partial charge in [-0.15, -0.1) is 11.8 Å². The monoisotopic (exact) mass is 364 g/mol. The molecule has 2 rings (SSSR count). The lowest BCUT2D eigenvalue weighted by Gasteiger charge is -2.15. The summed E-state index contributed by atoms with van der Waals surface area (Å²) in [6, 6.07) is 13.6. The molecule has 0 aliphatic carbocycles. The molecule has 1 atom stereocenters. The molecule has 7 heteroatoms. The highest BCUT2D eigenvalue weighted by molar-refractivity contribution is 7.99. The summed E-state index contributed by atoms with van der Waals surface area (Å²) in [5.41, 5.74) is 1.89. The highest BCUT2D eigenvalue weighted by Gasteiger charge is 2.12. The van der Waals surface area contributed by atoms with Crippen LogP contribution in [0.25, 0.3) is 0 Å². The number of nitro benzene ring substituents is 1. The van der Waals surface area contributed by atoms with Crippen LogP contribution in [0.2, 0.25) is 5.02 Å². The smallest absolute Gasteiger partial charge is 0.269 e. The van der Waals surface area contributed by atoms with E-state index in [1.807, 2.05) is 25.1 Å². The molecule has 0 aliphatic rings. The van der Waals surface area contributed by atoms with Crippen LogP contribution in [0.4, 0.5) is 5.69 Å².